The third-order valence-electron chi connectivity index (χ3n) is 2.69. The Morgan fingerprint density at radius 2 is 1.25 bits per heavy atom. The molecular formula is C14H12N2O2S4Se2. The Morgan fingerprint density at radius 1 is 0.792 bits per heavy atom. The van der Waals surface area contributed by atoms with Crippen molar-refractivity contribution in [2.24, 2.45) is 0 Å². The molecule has 0 atom stereocenters. The van der Waals surface area contributed by atoms with E-state index in [1.807, 2.05) is 23.5 Å². The van der Waals surface area contributed by atoms with E-state index in [4.69, 9.17) is 20.0 Å². The first-order chi connectivity index (χ1) is 11.8. The second-order valence-corrected chi connectivity index (χ2v) is 14.7. The third kappa shape index (κ3) is 4.90. The second kappa shape index (κ2) is 9.80. The van der Waals surface area contributed by atoms with Crippen LogP contribution in [0.4, 0.5) is 0 Å². The fourth-order valence-electron chi connectivity index (χ4n) is 1.71. The van der Waals surface area contributed by atoms with Crippen molar-refractivity contribution in [3.8, 4) is 12.1 Å². The molecular weight excluding hydrogens is 514 g/mol. The van der Waals surface area contributed by atoms with Gasteiger partial charge in [0.15, 0.2) is 0 Å². The van der Waals surface area contributed by atoms with E-state index in [0.29, 0.717) is 56.0 Å². The van der Waals surface area contributed by atoms with Gasteiger partial charge in [-0.25, -0.2) is 0 Å². The molecule has 126 valence electrons. The van der Waals surface area contributed by atoms with Gasteiger partial charge < -0.3 is 0 Å². The zero-order valence-corrected chi connectivity index (χ0v) is 19.1. The van der Waals surface area contributed by atoms with Crippen LogP contribution in [-0.4, -0.2) is 43.1 Å². The first-order valence-corrected chi connectivity index (χ1v) is 14.4. The van der Waals surface area contributed by atoms with Crippen LogP contribution in [-0.2, 0) is 9.47 Å². The predicted octanol–water partition coefficient (Wildman–Crippen LogP) is 4.45. The van der Waals surface area contributed by atoms with E-state index in [-0.39, 0.29) is 0 Å². The first-order valence-electron chi connectivity index (χ1n) is 7.01. The van der Waals surface area contributed by atoms with Gasteiger partial charge in [-0.05, 0) is 0 Å². The van der Waals surface area contributed by atoms with E-state index in [2.05, 4.69) is 12.1 Å². The van der Waals surface area contributed by atoms with Gasteiger partial charge in [-0.2, -0.15) is 0 Å². The quantitative estimate of drug-likeness (QED) is 0.372. The minimum atomic E-state index is 0.355. The van der Waals surface area contributed by atoms with E-state index in [1.54, 1.807) is 23.5 Å². The van der Waals surface area contributed by atoms with Gasteiger partial charge in [0, 0.05) is 0 Å². The summed E-state index contributed by atoms with van der Waals surface area (Å²) in [5.41, 5.74) is 0. The summed E-state index contributed by atoms with van der Waals surface area (Å²) >= 11 is 7.77. The fraction of sp³-hybridized carbons (Fsp3) is 0.429. The molecule has 3 heterocycles. The van der Waals surface area contributed by atoms with Crippen molar-refractivity contribution in [1.82, 2.24) is 0 Å². The Hall–Kier alpha value is 0.239. The fourth-order valence-corrected chi connectivity index (χ4v) is 14.2. The molecule has 0 saturated heterocycles. The van der Waals surface area contributed by atoms with Crippen LogP contribution < -0.4 is 0 Å². The van der Waals surface area contributed by atoms with Gasteiger partial charge in [0.25, 0.3) is 0 Å². The van der Waals surface area contributed by atoms with Crippen molar-refractivity contribution in [3.63, 3.8) is 0 Å². The van der Waals surface area contributed by atoms with Gasteiger partial charge in [-0.15, -0.1) is 0 Å². The molecule has 0 fully saturated rings. The number of nitriles is 2. The molecule has 4 nitrogen and oxygen atoms in total. The summed E-state index contributed by atoms with van der Waals surface area (Å²) in [5, 5.41) is 21.3. The zero-order chi connectivity index (χ0) is 16.8. The monoisotopic (exact) mass is 528 g/mol. The van der Waals surface area contributed by atoms with Crippen LogP contribution in [0.15, 0.2) is 26.3 Å². The van der Waals surface area contributed by atoms with Crippen LogP contribution in [0.3, 0.4) is 0 Å². The van der Waals surface area contributed by atoms with E-state index in [9.17, 15) is 0 Å². The molecule has 0 unspecified atom stereocenters. The normalized spacial score (nSPS) is 19.8. The molecule has 10 heteroatoms. The summed E-state index contributed by atoms with van der Waals surface area (Å²) in [7, 11) is 0. The minimum absolute atomic E-state index is 0.355. The van der Waals surface area contributed by atoms with Crippen LogP contribution in [0.2, 0.25) is 10.6 Å². The number of nitrogens with zero attached hydrogens (tertiary/aromatic N) is 2. The summed E-state index contributed by atoms with van der Waals surface area (Å²) in [5.74, 6) is 0. The molecule has 3 aliphatic heterocycles. The Morgan fingerprint density at radius 3 is 1.71 bits per heavy atom. The SMILES string of the molecule is N#CCC[Se]C1=C([Se]CCC#N)SC(=C2SC3=C(OCCO3)S2)S1. The van der Waals surface area contributed by atoms with Crippen LogP contribution in [0, 0.1) is 22.7 Å². The maximum absolute atomic E-state index is 8.77. The van der Waals surface area contributed by atoms with E-state index >= 15 is 0 Å². The molecule has 0 aromatic carbocycles. The Kier molecular flexibility index (Phi) is 7.77. The number of hydrogen-bond donors (Lipinski definition) is 0. The summed E-state index contributed by atoms with van der Waals surface area (Å²) < 4.78 is 16.8. The molecule has 0 radical (unpaired) electrons. The molecule has 0 amide bonds. The molecule has 0 spiro atoms. The molecule has 0 aliphatic carbocycles. The standard InChI is InChI=1S/C14H12N2O2S4Se2/c15-3-1-7-23-13-14(24-8-2-4-16)22-12(21-13)11-19-9-10(20-11)18-6-5-17-9/h1-2,5-8H2. The zero-order valence-electron chi connectivity index (χ0n) is 12.4. The molecule has 0 N–H and O–H groups in total. The maximum atomic E-state index is 8.77. The summed E-state index contributed by atoms with van der Waals surface area (Å²) in [6, 6.07) is 4.48. The van der Waals surface area contributed by atoms with Crippen LogP contribution in [0.5, 0.6) is 0 Å². The molecule has 0 aromatic rings. The van der Waals surface area contributed by atoms with Crippen molar-refractivity contribution in [3.05, 3.63) is 26.3 Å². The van der Waals surface area contributed by atoms with Crippen molar-refractivity contribution < 1.29 is 9.47 Å². The predicted molar refractivity (Wildman–Crippen MR) is 105 cm³/mol. The molecule has 24 heavy (non-hydrogen) atoms. The molecule has 0 bridgehead atoms. The third-order valence-corrected chi connectivity index (χ3v) is 15.0. The number of rotatable bonds is 6. The van der Waals surface area contributed by atoms with Crippen molar-refractivity contribution >= 4 is 77.0 Å². The number of thioether (sulfide) groups is 4. The summed E-state index contributed by atoms with van der Waals surface area (Å²) in [4.78, 5) is 0. The van der Waals surface area contributed by atoms with Crippen molar-refractivity contribution in [2.45, 2.75) is 23.5 Å². The Bertz CT molecular complexity index is 640. The van der Waals surface area contributed by atoms with Gasteiger partial charge in [0.05, 0.1) is 0 Å². The average molecular weight is 526 g/mol. The van der Waals surface area contributed by atoms with Gasteiger partial charge in [-0.3, -0.25) is 0 Å². The summed E-state index contributed by atoms with van der Waals surface area (Å²) in [6.45, 7) is 1.25. The van der Waals surface area contributed by atoms with E-state index in [0.717, 1.165) is 20.8 Å². The van der Waals surface area contributed by atoms with Gasteiger partial charge in [0.1, 0.15) is 0 Å². The van der Waals surface area contributed by atoms with Gasteiger partial charge in [-0.1, -0.05) is 0 Å². The van der Waals surface area contributed by atoms with Crippen molar-refractivity contribution in [2.75, 3.05) is 13.2 Å². The van der Waals surface area contributed by atoms with Crippen LogP contribution in [0.1, 0.15) is 12.8 Å². The van der Waals surface area contributed by atoms with E-state index < -0.39 is 0 Å². The Labute approximate surface area is 170 Å². The van der Waals surface area contributed by atoms with Gasteiger partial charge in [0.2, 0.25) is 0 Å². The molecule has 0 aromatic heterocycles. The van der Waals surface area contributed by atoms with Crippen LogP contribution >= 0.6 is 47.0 Å². The molecule has 3 rings (SSSR count). The second-order valence-electron chi connectivity index (χ2n) is 4.34. The summed E-state index contributed by atoms with van der Waals surface area (Å²) in [6.07, 6.45) is 1.25. The average Bonchev–Trinajstić information content (AvgIpc) is 3.19. The molecule has 3 aliphatic rings. The first kappa shape index (κ1) is 19.0. The topological polar surface area (TPSA) is 66.0 Å². The van der Waals surface area contributed by atoms with Gasteiger partial charge >= 0.3 is 172 Å². The number of hydrogen-bond acceptors (Lipinski definition) is 8. The Balaban J connectivity index is 1.67. The number of ether oxygens (including phenoxy) is 2. The van der Waals surface area contributed by atoms with Crippen LogP contribution in [0.25, 0.3) is 0 Å². The van der Waals surface area contributed by atoms with E-state index in [1.165, 1.54) is 16.1 Å². The molecule has 0 saturated carbocycles. The van der Waals surface area contributed by atoms with Crippen molar-refractivity contribution in [1.29, 1.82) is 10.5 Å².